The molecule has 0 bridgehead atoms. The zero-order chi connectivity index (χ0) is 16.0. The molecule has 0 saturated carbocycles. The number of nitrogens with zero attached hydrogens (tertiary/aromatic N) is 2. The number of likely N-dealkylation sites (N-methyl/N-ethyl adjacent to an activating group) is 1. The third-order valence-electron chi connectivity index (χ3n) is 3.50. The molecule has 0 unspecified atom stereocenters. The van der Waals surface area contributed by atoms with Crippen LogP contribution in [0.3, 0.4) is 0 Å². The topological polar surface area (TPSA) is 57.3 Å². The number of pyridine rings is 1. The number of carbonyl (C=O) groups excluding carboxylic acids is 1. The van der Waals surface area contributed by atoms with Crippen molar-refractivity contribution < 1.29 is 4.79 Å². The lowest BCUT2D eigenvalue weighted by Gasteiger charge is -2.32. The Morgan fingerprint density at radius 1 is 1.38 bits per heavy atom. The van der Waals surface area contributed by atoms with E-state index in [1.807, 2.05) is 14.1 Å². The summed E-state index contributed by atoms with van der Waals surface area (Å²) >= 11 is 5.97. The van der Waals surface area contributed by atoms with Crippen LogP contribution in [0.2, 0.25) is 5.15 Å². The second-order valence-corrected chi connectivity index (χ2v) is 6.27. The van der Waals surface area contributed by atoms with Crippen molar-refractivity contribution in [3.8, 4) is 0 Å². The molecule has 21 heavy (non-hydrogen) atoms. The minimum Gasteiger partial charge on any atom is -0.370 e. The predicted molar refractivity (Wildman–Crippen MR) is 88.1 cm³/mol. The smallest absolute Gasteiger partial charge is 0.251 e. The van der Waals surface area contributed by atoms with Gasteiger partial charge in [0.2, 0.25) is 0 Å². The molecule has 6 heteroatoms. The molecule has 5 nitrogen and oxygen atoms in total. The number of halogens is 1. The van der Waals surface area contributed by atoms with Gasteiger partial charge >= 0.3 is 0 Å². The van der Waals surface area contributed by atoms with E-state index in [2.05, 4.69) is 41.3 Å². The number of anilines is 1. The van der Waals surface area contributed by atoms with Gasteiger partial charge in [-0.3, -0.25) is 4.79 Å². The highest BCUT2D eigenvalue weighted by Gasteiger charge is 2.21. The summed E-state index contributed by atoms with van der Waals surface area (Å²) < 4.78 is 0. The van der Waals surface area contributed by atoms with Gasteiger partial charge in [0.05, 0.1) is 0 Å². The van der Waals surface area contributed by atoms with Crippen LogP contribution >= 0.6 is 11.6 Å². The maximum absolute atomic E-state index is 12.2. The lowest BCUT2D eigenvalue weighted by Crippen LogP contribution is -2.48. The summed E-state index contributed by atoms with van der Waals surface area (Å²) in [6.45, 7) is 7.55. The summed E-state index contributed by atoms with van der Waals surface area (Å²) in [6.07, 6.45) is 0.979. The van der Waals surface area contributed by atoms with Crippen molar-refractivity contribution in [2.75, 3.05) is 32.5 Å². The van der Waals surface area contributed by atoms with Gasteiger partial charge in [-0.15, -0.1) is 0 Å². The second-order valence-electron chi connectivity index (χ2n) is 5.88. The highest BCUT2D eigenvalue weighted by Crippen LogP contribution is 2.15. The number of carbonyl (C=O) groups is 1. The van der Waals surface area contributed by atoms with Crippen molar-refractivity contribution in [3.63, 3.8) is 0 Å². The van der Waals surface area contributed by atoms with Gasteiger partial charge in [-0.25, -0.2) is 4.98 Å². The number of rotatable bonds is 7. The molecule has 2 N–H and O–H groups in total. The molecular weight excluding hydrogens is 288 g/mol. The Balaban J connectivity index is 2.76. The normalized spacial score (nSPS) is 11.6. The van der Waals surface area contributed by atoms with E-state index in [1.54, 1.807) is 12.1 Å². The molecule has 0 atom stereocenters. The maximum atomic E-state index is 12.2. The Kier molecular flexibility index (Phi) is 6.42. The monoisotopic (exact) mass is 312 g/mol. The van der Waals surface area contributed by atoms with Crippen LogP contribution in [-0.4, -0.2) is 48.5 Å². The summed E-state index contributed by atoms with van der Waals surface area (Å²) in [4.78, 5) is 18.5. The SMILES string of the molecule is CCCNc1cc(C(=O)NCC(C)(C)N(C)C)cc(Cl)n1. The third kappa shape index (κ3) is 5.52. The van der Waals surface area contributed by atoms with Crippen LogP contribution in [0.4, 0.5) is 5.82 Å². The van der Waals surface area contributed by atoms with Gasteiger partial charge in [0.15, 0.2) is 0 Å². The van der Waals surface area contributed by atoms with E-state index < -0.39 is 0 Å². The zero-order valence-corrected chi connectivity index (χ0v) is 14.2. The summed E-state index contributed by atoms with van der Waals surface area (Å²) in [5, 5.41) is 6.39. The molecule has 0 aliphatic carbocycles. The van der Waals surface area contributed by atoms with Crippen molar-refractivity contribution in [3.05, 3.63) is 22.8 Å². The molecule has 1 aromatic heterocycles. The highest BCUT2D eigenvalue weighted by molar-refractivity contribution is 6.29. The van der Waals surface area contributed by atoms with E-state index in [4.69, 9.17) is 11.6 Å². The molecule has 0 fully saturated rings. The average molecular weight is 313 g/mol. The Hall–Kier alpha value is -1.33. The molecular formula is C15H25ClN4O. The van der Waals surface area contributed by atoms with Crippen LogP contribution in [0.5, 0.6) is 0 Å². The molecule has 0 aromatic carbocycles. The van der Waals surface area contributed by atoms with Gasteiger partial charge in [-0.2, -0.15) is 0 Å². The van der Waals surface area contributed by atoms with Crippen molar-refractivity contribution >= 4 is 23.3 Å². The molecule has 0 aliphatic rings. The number of nitrogens with one attached hydrogen (secondary N) is 2. The largest absolute Gasteiger partial charge is 0.370 e. The van der Waals surface area contributed by atoms with Crippen LogP contribution in [0.1, 0.15) is 37.6 Å². The number of aromatic nitrogens is 1. The summed E-state index contributed by atoms with van der Waals surface area (Å²) in [7, 11) is 3.98. The number of amides is 1. The molecule has 1 amide bonds. The molecule has 1 aromatic rings. The van der Waals surface area contributed by atoms with Crippen LogP contribution in [0.15, 0.2) is 12.1 Å². The number of hydrogen-bond donors (Lipinski definition) is 2. The van der Waals surface area contributed by atoms with E-state index in [-0.39, 0.29) is 11.4 Å². The number of hydrogen-bond acceptors (Lipinski definition) is 4. The van der Waals surface area contributed by atoms with Gasteiger partial charge in [-0.05, 0) is 46.5 Å². The zero-order valence-electron chi connectivity index (χ0n) is 13.5. The quantitative estimate of drug-likeness (QED) is 0.760. The van der Waals surface area contributed by atoms with E-state index in [0.717, 1.165) is 13.0 Å². The molecule has 0 radical (unpaired) electrons. The lowest BCUT2D eigenvalue weighted by atomic mass is 10.0. The predicted octanol–water partition coefficient (Wildman–Crippen LogP) is 2.63. The van der Waals surface area contributed by atoms with E-state index in [0.29, 0.717) is 23.1 Å². The standard InChI is InChI=1S/C15H25ClN4O/c1-6-7-17-13-9-11(8-12(16)19-13)14(21)18-10-15(2,3)20(4)5/h8-9H,6-7,10H2,1-5H3,(H,17,19)(H,18,21). The second kappa shape index (κ2) is 7.61. The minimum atomic E-state index is -0.145. The van der Waals surface area contributed by atoms with Crippen LogP contribution in [-0.2, 0) is 0 Å². The average Bonchev–Trinajstić information content (AvgIpc) is 2.41. The first kappa shape index (κ1) is 17.7. The van der Waals surface area contributed by atoms with Gasteiger partial charge in [0.1, 0.15) is 11.0 Å². The van der Waals surface area contributed by atoms with Gasteiger partial charge in [0.25, 0.3) is 5.91 Å². The first-order valence-electron chi connectivity index (χ1n) is 7.13. The fourth-order valence-corrected chi connectivity index (χ4v) is 1.74. The highest BCUT2D eigenvalue weighted by atomic mass is 35.5. The van der Waals surface area contributed by atoms with E-state index >= 15 is 0 Å². The minimum absolute atomic E-state index is 0.115. The van der Waals surface area contributed by atoms with Gasteiger partial charge in [-0.1, -0.05) is 18.5 Å². The first-order chi connectivity index (χ1) is 9.76. The van der Waals surface area contributed by atoms with Crippen LogP contribution in [0.25, 0.3) is 0 Å². The van der Waals surface area contributed by atoms with Crippen molar-refractivity contribution in [2.45, 2.75) is 32.7 Å². The van der Waals surface area contributed by atoms with Gasteiger partial charge < -0.3 is 15.5 Å². The molecule has 1 rings (SSSR count). The van der Waals surface area contributed by atoms with Crippen LogP contribution < -0.4 is 10.6 Å². The van der Waals surface area contributed by atoms with E-state index in [1.165, 1.54) is 0 Å². The van der Waals surface area contributed by atoms with Gasteiger partial charge in [0, 0.05) is 24.2 Å². The Labute approximate surface area is 132 Å². The lowest BCUT2D eigenvalue weighted by molar-refractivity contribution is 0.0919. The van der Waals surface area contributed by atoms with Crippen molar-refractivity contribution in [2.24, 2.45) is 0 Å². The Morgan fingerprint density at radius 2 is 2.05 bits per heavy atom. The summed E-state index contributed by atoms with van der Waals surface area (Å²) in [5.74, 6) is 0.482. The molecule has 0 saturated heterocycles. The fourth-order valence-electron chi connectivity index (χ4n) is 1.53. The molecule has 0 spiro atoms. The Bertz CT molecular complexity index is 489. The van der Waals surface area contributed by atoms with E-state index in [9.17, 15) is 4.79 Å². The first-order valence-corrected chi connectivity index (χ1v) is 7.51. The van der Waals surface area contributed by atoms with Crippen LogP contribution in [0, 0.1) is 0 Å². The molecule has 0 aliphatic heterocycles. The van der Waals surface area contributed by atoms with Crippen molar-refractivity contribution in [1.82, 2.24) is 15.2 Å². The molecule has 1 heterocycles. The summed E-state index contributed by atoms with van der Waals surface area (Å²) in [6, 6.07) is 3.30. The molecule has 118 valence electrons. The summed E-state index contributed by atoms with van der Waals surface area (Å²) in [5.41, 5.74) is 0.402. The third-order valence-corrected chi connectivity index (χ3v) is 3.70. The van der Waals surface area contributed by atoms with Crippen molar-refractivity contribution in [1.29, 1.82) is 0 Å². The Morgan fingerprint density at radius 3 is 2.62 bits per heavy atom. The fraction of sp³-hybridized carbons (Fsp3) is 0.600. The maximum Gasteiger partial charge on any atom is 0.251 e.